The van der Waals surface area contributed by atoms with Gasteiger partial charge in [-0.1, -0.05) is 72.8 Å². The zero-order chi connectivity index (χ0) is 18.4. The van der Waals surface area contributed by atoms with Crippen LogP contribution in [0.15, 0.2) is 72.8 Å². The highest BCUT2D eigenvalue weighted by molar-refractivity contribution is 6.05. The Morgan fingerprint density at radius 1 is 0.481 bits per heavy atom. The molecular weight excluding hydrogens is 324 g/mol. The number of aryl methyl sites for hydroxylation is 2. The molecule has 1 aliphatic rings. The SMILES string of the molecule is C/C1=C(\C)c2ccc(c3ccccc23)CCCc2ccc1c1ccccc21. The van der Waals surface area contributed by atoms with Crippen molar-refractivity contribution in [2.45, 2.75) is 33.1 Å². The van der Waals surface area contributed by atoms with Crippen molar-refractivity contribution < 1.29 is 0 Å². The topological polar surface area (TPSA) is 0 Å². The molecule has 27 heavy (non-hydrogen) atoms. The highest BCUT2D eigenvalue weighted by atomic mass is 14.2. The van der Waals surface area contributed by atoms with Crippen LogP contribution in [-0.4, -0.2) is 0 Å². The second kappa shape index (κ2) is 6.39. The summed E-state index contributed by atoms with van der Waals surface area (Å²) in [4.78, 5) is 0. The van der Waals surface area contributed by atoms with Gasteiger partial charge in [0, 0.05) is 0 Å². The number of fused-ring (bicyclic) bond motifs is 12. The Morgan fingerprint density at radius 2 is 0.889 bits per heavy atom. The van der Waals surface area contributed by atoms with Gasteiger partial charge in [-0.25, -0.2) is 0 Å². The Bertz CT molecular complexity index is 1110. The van der Waals surface area contributed by atoms with Crippen LogP contribution in [-0.2, 0) is 12.8 Å². The molecule has 4 aromatic rings. The standard InChI is InChI=1S/C27H24/c1-18-19(2)23-17-15-21(25-11-4-6-13-27(23)25)9-7-8-20-14-16-22(18)26-12-5-3-10-24(20)26/h3-6,10-17H,7-9H2,1-2H3/b19-18-. The average molecular weight is 348 g/mol. The molecule has 4 bridgehead atoms. The van der Waals surface area contributed by atoms with Crippen molar-refractivity contribution in [2.75, 3.05) is 0 Å². The van der Waals surface area contributed by atoms with E-state index in [1.54, 1.807) is 0 Å². The maximum atomic E-state index is 2.35. The Morgan fingerprint density at radius 3 is 1.33 bits per heavy atom. The quantitative estimate of drug-likeness (QED) is 0.310. The Kier molecular flexibility index (Phi) is 3.86. The molecule has 5 rings (SSSR count). The van der Waals surface area contributed by atoms with Crippen LogP contribution >= 0.6 is 0 Å². The smallest absolute Gasteiger partial charge is 0.0106 e. The van der Waals surface area contributed by atoms with Gasteiger partial charge in [0.1, 0.15) is 0 Å². The van der Waals surface area contributed by atoms with Gasteiger partial charge in [-0.05, 0) is 88.1 Å². The van der Waals surface area contributed by atoms with Gasteiger partial charge in [0.25, 0.3) is 0 Å². The molecule has 0 saturated heterocycles. The number of allylic oxidation sites excluding steroid dienone is 2. The van der Waals surface area contributed by atoms with E-state index in [-0.39, 0.29) is 0 Å². The van der Waals surface area contributed by atoms with E-state index < -0.39 is 0 Å². The molecule has 0 aliphatic heterocycles. The Hall–Kier alpha value is -2.86. The van der Waals surface area contributed by atoms with Gasteiger partial charge in [0.05, 0.1) is 0 Å². The van der Waals surface area contributed by atoms with Crippen LogP contribution in [0.3, 0.4) is 0 Å². The van der Waals surface area contributed by atoms with Crippen molar-refractivity contribution in [3.05, 3.63) is 95.1 Å². The zero-order valence-corrected chi connectivity index (χ0v) is 16.0. The van der Waals surface area contributed by atoms with Crippen molar-refractivity contribution in [1.82, 2.24) is 0 Å². The van der Waals surface area contributed by atoms with Gasteiger partial charge in [-0.15, -0.1) is 0 Å². The molecule has 0 N–H and O–H groups in total. The summed E-state index contributed by atoms with van der Waals surface area (Å²) in [5.41, 5.74) is 8.40. The molecule has 132 valence electrons. The van der Waals surface area contributed by atoms with Crippen LogP contribution in [0.4, 0.5) is 0 Å². The minimum Gasteiger partial charge on any atom is -0.0616 e. The number of benzene rings is 4. The molecule has 0 fully saturated rings. The molecule has 0 aromatic heterocycles. The van der Waals surface area contributed by atoms with Gasteiger partial charge in [-0.3, -0.25) is 0 Å². The predicted octanol–water partition coefficient (Wildman–Crippen LogP) is 7.43. The molecule has 0 heterocycles. The first-order valence-corrected chi connectivity index (χ1v) is 9.93. The molecule has 0 unspecified atom stereocenters. The lowest BCUT2D eigenvalue weighted by atomic mass is 9.89. The summed E-state index contributed by atoms with van der Waals surface area (Å²) in [6, 6.07) is 27.2. The van der Waals surface area contributed by atoms with E-state index in [2.05, 4.69) is 86.6 Å². The summed E-state index contributed by atoms with van der Waals surface area (Å²) in [6.07, 6.45) is 3.43. The Balaban J connectivity index is 1.88. The lowest BCUT2D eigenvalue weighted by Gasteiger charge is -2.15. The summed E-state index contributed by atoms with van der Waals surface area (Å²) in [6.45, 7) is 4.55. The molecule has 0 spiro atoms. The third-order valence-electron chi connectivity index (χ3n) is 6.29. The van der Waals surface area contributed by atoms with E-state index >= 15 is 0 Å². The fourth-order valence-corrected chi connectivity index (χ4v) is 4.69. The second-order valence-corrected chi connectivity index (χ2v) is 7.74. The normalized spacial score (nSPS) is 17.1. The fraction of sp³-hybridized carbons (Fsp3) is 0.185. The predicted molar refractivity (Wildman–Crippen MR) is 118 cm³/mol. The van der Waals surface area contributed by atoms with Crippen LogP contribution in [0.2, 0.25) is 0 Å². The molecule has 0 nitrogen and oxygen atoms in total. The fourth-order valence-electron chi connectivity index (χ4n) is 4.69. The summed E-state index contributed by atoms with van der Waals surface area (Å²) < 4.78 is 0. The second-order valence-electron chi connectivity index (χ2n) is 7.74. The van der Waals surface area contributed by atoms with Crippen LogP contribution in [0, 0.1) is 0 Å². The van der Waals surface area contributed by atoms with Gasteiger partial charge in [-0.2, -0.15) is 0 Å². The average Bonchev–Trinajstić information content (AvgIpc) is 2.74. The van der Waals surface area contributed by atoms with Crippen LogP contribution in [0.5, 0.6) is 0 Å². The maximum absolute atomic E-state index is 2.35. The molecule has 4 aromatic carbocycles. The third kappa shape index (κ3) is 2.59. The monoisotopic (exact) mass is 348 g/mol. The van der Waals surface area contributed by atoms with Crippen molar-refractivity contribution in [2.24, 2.45) is 0 Å². The van der Waals surface area contributed by atoms with Crippen molar-refractivity contribution in [3.63, 3.8) is 0 Å². The van der Waals surface area contributed by atoms with Crippen molar-refractivity contribution in [3.8, 4) is 0 Å². The first-order valence-electron chi connectivity index (χ1n) is 9.93. The number of hydrogen-bond acceptors (Lipinski definition) is 0. The summed E-state index contributed by atoms with van der Waals surface area (Å²) in [5.74, 6) is 0. The summed E-state index contributed by atoms with van der Waals surface area (Å²) in [7, 11) is 0. The lowest BCUT2D eigenvalue weighted by molar-refractivity contribution is 0.829. The van der Waals surface area contributed by atoms with Crippen LogP contribution in [0.25, 0.3) is 32.7 Å². The van der Waals surface area contributed by atoms with E-state index in [0.717, 1.165) is 12.8 Å². The highest BCUT2D eigenvalue weighted by Gasteiger charge is 2.14. The van der Waals surface area contributed by atoms with Crippen LogP contribution in [0.1, 0.15) is 42.5 Å². The molecule has 1 aliphatic carbocycles. The van der Waals surface area contributed by atoms with E-state index in [1.165, 1.54) is 61.4 Å². The van der Waals surface area contributed by atoms with E-state index in [0.29, 0.717) is 0 Å². The van der Waals surface area contributed by atoms with E-state index in [4.69, 9.17) is 0 Å². The van der Waals surface area contributed by atoms with Gasteiger partial charge >= 0.3 is 0 Å². The molecule has 0 atom stereocenters. The lowest BCUT2D eigenvalue weighted by Crippen LogP contribution is -1.94. The van der Waals surface area contributed by atoms with Gasteiger partial charge in [0.2, 0.25) is 0 Å². The summed E-state index contributed by atoms with van der Waals surface area (Å²) >= 11 is 0. The highest BCUT2D eigenvalue weighted by Crippen LogP contribution is 2.36. The Labute approximate surface area is 161 Å². The number of hydrogen-bond donors (Lipinski definition) is 0. The molecule has 0 saturated carbocycles. The molecule has 0 amide bonds. The molecule has 0 radical (unpaired) electrons. The summed E-state index contributed by atoms with van der Waals surface area (Å²) in [5, 5.41) is 5.58. The first kappa shape index (κ1) is 16.3. The first-order chi connectivity index (χ1) is 13.2. The van der Waals surface area contributed by atoms with Gasteiger partial charge in [0.15, 0.2) is 0 Å². The minimum atomic E-state index is 1.12. The van der Waals surface area contributed by atoms with E-state index in [9.17, 15) is 0 Å². The van der Waals surface area contributed by atoms with Crippen molar-refractivity contribution >= 4 is 32.7 Å². The maximum Gasteiger partial charge on any atom is -0.0106 e. The van der Waals surface area contributed by atoms with E-state index in [1.807, 2.05) is 0 Å². The third-order valence-corrected chi connectivity index (χ3v) is 6.29. The zero-order valence-electron chi connectivity index (χ0n) is 16.0. The van der Waals surface area contributed by atoms with Crippen LogP contribution < -0.4 is 0 Å². The van der Waals surface area contributed by atoms with Crippen molar-refractivity contribution in [1.29, 1.82) is 0 Å². The largest absolute Gasteiger partial charge is 0.0616 e. The number of rotatable bonds is 0. The molecular formula is C27H24. The van der Waals surface area contributed by atoms with Gasteiger partial charge < -0.3 is 0 Å². The molecule has 0 heteroatoms. The minimum absolute atomic E-state index is 1.12.